The Hall–Kier alpha value is -1.05. The van der Waals surface area contributed by atoms with E-state index < -0.39 is 0 Å². The van der Waals surface area contributed by atoms with E-state index in [1.54, 1.807) is 12.5 Å². The molecular formula is C29H46O2. The molecule has 8 unspecified atom stereocenters. The summed E-state index contributed by atoms with van der Waals surface area (Å²) in [5.41, 5.74) is 2.45. The number of hydrogen-bond donors (Lipinski definition) is 0. The summed E-state index contributed by atoms with van der Waals surface area (Å²) in [6.45, 7) is 13.9. The van der Waals surface area contributed by atoms with Gasteiger partial charge in [-0.2, -0.15) is 0 Å². The topological polar surface area (TPSA) is 26.3 Å². The van der Waals surface area contributed by atoms with Gasteiger partial charge in [-0.1, -0.05) is 58.4 Å². The lowest BCUT2D eigenvalue weighted by Crippen LogP contribution is -2.51. The van der Waals surface area contributed by atoms with E-state index in [0.717, 1.165) is 42.4 Å². The smallest absolute Gasteiger partial charge is 0.302 e. The second-order valence-electron chi connectivity index (χ2n) is 12.4. The molecule has 2 nitrogen and oxygen atoms in total. The van der Waals surface area contributed by atoms with Crippen molar-refractivity contribution in [3.05, 3.63) is 23.8 Å². The van der Waals surface area contributed by atoms with Gasteiger partial charge in [-0.15, -0.1) is 0 Å². The summed E-state index contributed by atoms with van der Waals surface area (Å²) in [6, 6.07) is 0. The SMILES string of the molecule is CC(=O)OC1CCC2(C)C(=CCC3C2CCC2(C)C(C(C)/C=C/CC(C)C)CCC32)C1. The highest BCUT2D eigenvalue weighted by Gasteiger charge is 2.59. The number of fused-ring (bicyclic) bond motifs is 5. The normalized spacial score (nSPS) is 43.2. The van der Waals surface area contributed by atoms with E-state index in [0.29, 0.717) is 16.7 Å². The summed E-state index contributed by atoms with van der Waals surface area (Å²) in [6.07, 6.45) is 19.0. The monoisotopic (exact) mass is 426 g/mol. The second kappa shape index (κ2) is 8.71. The second-order valence-corrected chi connectivity index (χ2v) is 12.4. The Morgan fingerprint density at radius 1 is 1.13 bits per heavy atom. The lowest BCUT2D eigenvalue weighted by atomic mass is 9.47. The van der Waals surface area contributed by atoms with Crippen LogP contribution in [0.5, 0.6) is 0 Å². The van der Waals surface area contributed by atoms with Crippen molar-refractivity contribution in [3.63, 3.8) is 0 Å². The van der Waals surface area contributed by atoms with Gasteiger partial charge in [0.15, 0.2) is 0 Å². The van der Waals surface area contributed by atoms with Crippen molar-refractivity contribution < 1.29 is 9.53 Å². The maximum absolute atomic E-state index is 11.5. The van der Waals surface area contributed by atoms with Gasteiger partial charge in [0, 0.05) is 13.3 Å². The molecule has 0 aliphatic heterocycles. The predicted molar refractivity (Wildman–Crippen MR) is 129 cm³/mol. The number of hydrogen-bond acceptors (Lipinski definition) is 2. The van der Waals surface area contributed by atoms with Gasteiger partial charge in [-0.3, -0.25) is 4.79 Å². The minimum Gasteiger partial charge on any atom is -0.462 e. The molecule has 0 bridgehead atoms. The van der Waals surface area contributed by atoms with Crippen LogP contribution < -0.4 is 0 Å². The zero-order valence-electron chi connectivity index (χ0n) is 21.0. The molecule has 0 spiro atoms. The molecule has 31 heavy (non-hydrogen) atoms. The predicted octanol–water partition coefficient (Wildman–Crippen LogP) is 7.74. The highest BCUT2D eigenvalue weighted by atomic mass is 16.5. The van der Waals surface area contributed by atoms with Crippen LogP contribution in [0.15, 0.2) is 23.8 Å². The Balaban J connectivity index is 1.50. The molecule has 8 atom stereocenters. The fourth-order valence-electron chi connectivity index (χ4n) is 8.57. The molecular weight excluding hydrogens is 380 g/mol. The van der Waals surface area contributed by atoms with E-state index in [-0.39, 0.29) is 12.1 Å². The minimum absolute atomic E-state index is 0.108. The molecule has 0 radical (unpaired) electrons. The molecule has 0 N–H and O–H groups in total. The quantitative estimate of drug-likeness (QED) is 0.332. The fraction of sp³-hybridized carbons (Fsp3) is 0.828. The van der Waals surface area contributed by atoms with Crippen LogP contribution in [0.3, 0.4) is 0 Å². The molecule has 4 aliphatic rings. The fourth-order valence-corrected chi connectivity index (χ4v) is 8.57. The Morgan fingerprint density at radius 3 is 2.61 bits per heavy atom. The van der Waals surface area contributed by atoms with Crippen LogP contribution in [0.25, 0.3) is 0 Å². The van der Waals surface area contributed by atoms with Crippen LogP contribution in [0.1, 0.15) is 99.3 Å². The summed E-state index contributed by atoms with van der Waals surface area (Å²) in [5.74, 6) is 4.76. The number of allylic oxidation sites excluding steroid dienone is 3. The zero-order chi connectivity index (χ0) is 22.4. The first-order valence-corrected chi connectivity index (χ1v) is 13.2. The van der Waals surface area contributed by atoms with Gasteiger partial charge >= 0.3 is 5.97 Å². The summed E-state index contributed by atoms with van der Waals surface area (Å²) in [5, 5.41) is 0. The summed E-state index contributed by atoms with van der Waals surface area (Å²) < 4.78 is 5.61. The summed E-state index contributed by atoms with van der Waals surface area (Å²) >= 11 is 0. The third-order valence-corrected chi connectivity index (χ3v) is 10.1. The maximum atomic E-state index is 11.5. The van der Waals surface area contributed by atoms with Crippen LogP contribution in [0.2, 0.25) is 0 Å². The van der Waals surface area contributed by atoms with Crippen LogP contribution in [-0.4, -0.2) is 12.1 Å². The van der Waals surface area contributed by atoms with E-state index in [1.165, 1.54) is 44.9 Å². The van der Waals surface area contributed by atoms with Crippen molar-refractivity contribution in [1.82, 2.24) is 0 Å². The highest BCUT2D eigenvalue weighted by molar-refractivity contribution is 5.66. The Morgan fingerprint density at radius 2 is 1.90 bits per heavy atom. The molecule has 0 saturated heterocycles. The van der Waals surface area contributed by atoms with E-state index >= 15 is 0 Å². The molecule has 0 aromatic rings. The molecule has 3 saturated carbocycles. The number of esters is 1. The Kier molecular flexibility index (Phi) is 6.50. The third kappa shape index (κ3) is 4.18. The van der Waals surface area contributed by atoms with Crippen LogP contribution >= 0.6 is 0 Å². The molecule has 174 valence electrons. The van der Waals surface area contributed by atoms with Gasteiger partial charge in [0.25, 0.3) is 0 Å². The zero-order valence-corrected chi connectivity index (χ0v) is 21.0. The van der Waals surface area contributed by atoms with Gasteiger partial charge in [0.05, 0.1) is 0 Å². The number of carbonyl (C=O) groups excluding carboxylic acids is 1. The highest BCUT2D eigenvalue weighted by Crippen LogP contribution is 2.67. The van der Waals surface area contributed by atoms with Crippen molar-refractivity contribution >= 4 is 5.97 Å². The van der Waals surface area contributed by atoms with Crippen LogP contribution in [0, 0.1) is 46.3 Å². The molecule has 0 aromatic heterocycles. The van der Waals surface area contributed by atoms with Gasteiger partial charge in [0.1, 0.15) is 6.10 Å². The molecule has 4 rings (SSSR count). The van der Waals surface area contributed by atoms with E-state index in [1.807, 2.05) is 0 Å². The standard InChI is InChI=1S/C29H46O2/c1-19(2)8-7-9-20(3)25-12-13-26-24-11-10-22-18-23(31-21(4)30)14-16-28(22,5)27(24)15-17-29(25,26)6/h7,9-10,19-20,23-27H,8,11-18H2,1-6H3/b9-7+. The molecule has 3 fully saturated rings. The average Bonchev–Trinajstić information content (AvgIpc) is 3.05. The van der Waals surface area contributed by atoms with E-state index in [9.17, 15) is 4.79 Å². The third-order valence-electron chi connectivity index (χ3n) is 10.1. The van der Waals surface area contributed by atoms with Crippen molar-refractivity contribution in [2.75, 3.05) is 0 Å². The minimum atomic E-state index is -0.120. The van der Waals surface area contributed by atoms with Gasteiger partial charge in [-0.05, 0) is 97.7 Å². The first-order valence-electron chi connectivity index (χ1n) is 13.2. The van der Waals surface area contributed by atoms with Crippen molar-refractivity contribution in [1.29, 1.82) is 0 Å². The van der Waals surface area contributed by atoms with Crippen molar-refractivity contribution in [2.24, 2.45) is 46.3 Å². The Labute approximate surface area is 191 Å². The molecule has 4 aliphatic carbocycles. The van der Waals surface area contributed by atoms with Crippen LogP contribution in [0.4, 0.5) is 0 Å². The molecule has 0 heterocycles. The average molecular weight is 427 g/mol. The summed E-state index contributed by atoms with van der Waals surface area (Å²) in [4.78, 5) is 11.5. The number of carbonyl (C=O) groups is 1. The van der Waals surface area contributed by atoms with E-state index in [4.69, 9.17) is 4.74 Å². The largest absolute Gasteiger partial charge is 0.462 e. The maximum Gasteiger partial charge on any atom is 0.302 e. The van der Waals surface area contributed by atoms with Gasteiger partial charge in [-0.25, -0.2) is 0 Å². The summed E-state index contributed by atoms with van der Waals surface area (Å²) in [7, 11) is 0. The lowest BCUT2D eigenvalue weighted by molar-refractivity contribution is -0.148. The molecule has 0 amide bonds. The Bertz CT molecular complexity index is 733. The van der Waals surface area contributed by atoms with Crippen molar-refractivity contribution in [2.45, 2.75) is 105 Å². The lowest BCUT2D eigenvalue weighted by Gasteiger charge is -2.58. The molecule has 0 aromatic carbocycles. The first-order chi connectivity index (χ1) is 14.6. The van der Waals surface area contributed by atoms with Gasteiger partial charge in [0.2, 0.25) is 0 Å². The molecule has 2 heteroatoms. The first kappa shape index (κ1) is 23.1. The number of rotatable bonds is 5. The van der Waals surface area contributed by atoms with Gasteiger partial charge < -0.3 is 4.74 Å². The van der Waals surface area contributed by atoms with E-state index in [2.05, 4.69) is 52.8 Å². The van der Waals surface area contributed by atoms with Crippen molar-refractivity contribution in [3.8, 4) is 0 Å². The number of ether oxygens (including phenoxy) is 1. The van der Waals surface area contributed by atoms with Crippen LogP contribution in [-0.2, 0) is 9.53 Å².